The van der Waals surface area contributed by atoms with Gasteiger partial charge in [0.2, 0.25) is 5.91 Å². The number of nitrogens with two attached hydrogens (primary N) is 1. The Labute approximate surface area is 113 Å². The van der Waals surface area contributed by atoms with Gasteiger partial charge in [0.15, 0.2) is 0 Å². The van der Waals surface area contributed by atoms with Gasteiger partial charge in [-0.3, -0.25) is 4.79 Å². The van der Waals surface area contributed by atoms with Crippen LogP contribution in [0.3, 0.4) is 0 Å². The number of rotatable bonds is 4. The third-order valence-electron chi connectivity index (χ3n) is 3.01. The van der Waals surface area contributed by atoms with E-state index in [0.29, 0.717) is 5.92 Å². The van der Waals surface area contributed by atoms with E-state index in [2.05, 4.69) is 36.0 Å². The van der Waals surface area contributed by atoms with Crippen LogP contribution in [0.25, 0.3) is 10.9 Å². The maximum Gasteiger partial charge on any atom is 0.240 e. The Bertz CT molecular complexity index is 584. The van der Waals surface area contributed by atoms with Gasteiger partial charge in [-0.25, -0.2) is 0 Å². The lowest BCUT2D eigenvalue weighted by Gasteiger charge is -2.10. The Morgan fingerprint density at radius 3 is 2.68 bits per heavy atom. The molecule has 0 bridgehead atoms. The summed E-state index contributed by atoms with van der Waals surface area (Å²) in [5, 5.41) is 3.94. The maximum absolute atomic E-state index is 11.6. The number of benzene rings is 1. The minimum atomic E-state index is -0.499. The van der Waals surface area contributed by atoms with Crippen LogP contribution in [-0.2, 0) is 11.3 Å². The van der Waals surface area contributed by atoms with Crippen LogP contribution in [-0.4, -0.2) is 16.5 Å². The quantitative estimate of drug-likeness (QED) is 0.886. The lowest BCUT2D eigenvalue weighted by Crippen LogP contribution is -2.32. The lowest BCUT2D eigenvalue weighted by atomic mass is 10.2. The highest BCUT2D eigenvalue weighted by Gasteiger charge is 2.09. The Balaban J connectivity index is 2.25. The van der Waals surface area contributed by atoms with E-state index in [9.17, 15) is 4.79 Å². The van der Waals surface area contributed by atoms with E-state index < -0.39 is 6.04 Å². The Morgan fingerprint density at radius 1 is 1.32 bits per heavy atom. The molecule has 0 saturated carbocycles. The predicted octanol–water partition coefficient (Wildman–Crippen LogP) is 2.58. The van der Waals surface area contributed by atoms with Crippen LogP contribution in [0.5, 0.6) is 0 Å². The molecule has 1 amide bonds. The minimum absolute atomic E-state index is 0.166. The van der Waals surface area contributed by atoms with Crippen LogP contribution in [0.4, 0.5) is 5.69 Å². The molecule has 0 radical (unpaired) electrons. The molecular formula is C15H21N3O. The van der Waals surface area contributed by atoms with Crippen molar-refractivity contribution in [2.75, 3.05) is 5.32 Å². The highest BCUT2D eigenvalue weighted by atomic mass is 16.2. The highest BCUT2D eigenvalue weighted by Crippen LogP contribution is 2.21. The summed E-state index contributed by atoms with van der Waals surface area (Å²) in [5.74, 6) is 0.439. The first-order valence-electron chi connectivity index (χ1n) is 6.62. The van der Waals surface area contributed by atoms with Crippen LogP contribution < -0.4 is 11.1 Å². The first kappa shape index (κ1) is 13.6. The second-order valence-electron chi connectivity index (χ2n) is 5.41. The average molecular weight is 259 g/mol. The summed E-state index contributed by atoms with van der Waals surface area (Å²) < 4.78 is 2.23. The summed E-state index contributed by atoms with van der Waals surface area (Å²) in [6.07, 6.45) is 2.09. The van der Waals surface area contributed by atoms with E-state index in [1.807, 2.05) is 18.2 Å². The Morgan fingerprint density at radius 2 is 2.05 bits per heavy atom. The van der Waals surface area contributed by atoms with E-state index >= 15 is 0 Å². The molecular weight excluding hydrogens is 238 g/mol. The van der Waals surface area contributed by atoms with Gasteiger partial charge in [-0.05, 0) is 37.1 Å². The molecule has 4 nitrogen and oxygen atoms in total. The topological polar surface area (TPSA) is 60.0 Å². The number of carbonyl (C=O) groups excluding carboxylic acids is 1. The van der Waals surface area contributed by atoms with Gasteiger partial charge in [0.1, 0.15) is 0 Å². The van der Waals surface area contributed by atoms with Gasteiger partial charge >= 0.3 is 0 Å². The average Bonchev–Trinajstić information content (AvgIpc) is 2.71. The molecule has 2 rings (SSSR count). The van der Waals surface area contributed by atoms with Gasteiger partial charge in [-0.2, -0.15) is 0 Å². The van der Waals surface area contributed by atoms with Crippen molar-refractivity contribution in [2.45, 2.75) is 33.4 Å². The summed E-state index contributed by atoms with van der Waals surface area (Å²) >= 11 is 0. The molecule has 1 heterocycles. The van der Waals surface area contributed by atoms with Crippen molar-refractivity contribution in [3.8, 4) is 0 Å². The molecule has 0 spiro atoms. The molecule has 102 valence electrons. The van der Waals surface area contributed by atoms with Gasteiger partial charge in [0, 0.05) is 29.3 Å². The fraction of sp³-hybridized carbons (Fsp3) is 0.400. The van der Waals surface area contributed by atoms with Gasteiger partial charge in [-0.15, -0.1) is 0 Å². The molecule has 0 fully saturated rings. The Kier molecular flexibility index (Phi) is 3.90. The molecule has 1 atom stereocenters. The minimum Gasteiger partial charge on any atom is -0.347 e. The summed E-state index contributed by atoms with van der Waals surface area (Å²) in [4.78, 5) is 11.6. The van der Waals surface area contributed by atoms with Crippen molar-refractivity contribution in [1.82, 2.24) is 4.57 Å². The maximum atomic E-state index is 11.6. The molecule has 2 aromatic rings. The smallest absolute Gasteiger partial charge is 0.240 e. The number of carbonyl (C=O) groups is 1. The second-order valence-corrected chi connectivity index (χ2v) is 5.41. The zero-order valence-electron chi connectivity index (χ0n) is 11.7. The number of aromatic nitrogens is 1. The first-order chi connectivity index (χ1) is 8.97. The molecule has 3 N–H and O–H groups in total. The molecule has 4 heteroatoms. The highest BCUT2D eigenvalue weighted by molar-refractivity contribution is 5.96. The van der Waals surface area contributed by atoms with E-state index in [4.69, 9.17) is 5.73 Å². The van der Waals surface area contributed by atoms with Gasteiger partial charge in [-0.1, -0.05) is 13.8 Å². The van der Waals surface area contributed by atoms with Crippen LogP contribution in [0.2, 0.25) is 0 Å². The third-order valence-corrected chi connectivity index (χ3v) is 3.01. The van der Waals surface area contributed by atoms with Crippen molar-refractivity contribution >= 4 is 22.5 Å². The van der Waals surface area contributed by atoms with Crippen molar-refractivity contribution in [2.24, 2.45) is 11.7 Å². The molecule has 1 aromatic carbocycles. The fourth-order valence-corrected chi connectivity index (χ4v) is 2.09. The zero-order chi connectivity index (χ0) is 14.0. The fourth-order valence-electron chi connectivity index (χ4n) is 2.09. The van der Waals surface area contributed by atoms with Gasteiger partial charge in [0.25, 0.3) is 0 Å². The molecule has 1 aromatic heterocycles. The predicted molar refractivity (Wildman–Crippen MR) is 79.1 cm³/mol. The summed E-state index contributed by atoms with van der Waals surface area (Å²) in [7, 11) is 0. The zero-order valence-corrected chi connectivity index (χ0v) is 11.7. The van der Waals surface area contributed by atoms with Crippen molar-refractivity contribution in [3.63, 3.8) is 0 Å². The summed E-state index contributed by atoms with van der Waals surface area (Å²) in [6.45, 7) is 7.06. The van der Waals surface area contributed by atoms with E-state index in [0.717, 1.165) is 17.6 Å². The van der Waals surface area contributed by atoms with Crippen LogP contribution >= 0.6 is 0 Å². The van der Waals surface area contributed by atoms with Crippen molar-refractivity contribution in [1.29, 1.82) is 0 Å². The van der Waals surface area contributed by atoms with E-state index in [1.54, 1.807) is 6.92 Å². The molecule has 0 unspecified atom stereocenters. The van der Waals surface area contributed by atoms with Crippen LogP contribution in [0.1, 0.15) is 20.8 Å². The molecule has 0 aliphatic heterocycles. The third kappa shape index (κ3) is 3.15. The second kappa shape index (κ2) is 5.45. The first-order valence-corrected chi connectivity index (χ1v) is 6.62. The molecule has 0 aliphatic rings. The number of nitrogens with zero attached hydrogens (tertiary/aromatic N) is 1. The van der Waals surface area contributed by atoms with Crippen LogP contribution in [0.15, 0.2) is 30.5 Å². The van der Waals surface area contributed by atoms with E-state index in [1.165, 1.54) is 5.52 Å². The Hall–Kier alpha value is -1.81. The van der Waals surface area contributed by atoms with Crippen molar-refractivity contribution < 1.29 is 4.79 Å². The van der Waals surface area contributed by atoms with Crippen LogP contribution in [0, 0.1) is 5.92 Å². The van der Waals surface area contributed by atoms with E-state index in [-0.39, 0.29) is 5.91 Å². The van der Waals surface area contributed by atoms with Crippen molar-refractivity contribution in [3.05, 3.63) is 30.5 Å². The summed E-state index contributed by atoms with van der Waals surface area (Å²) in [5.41, 5.74) is 7.52. The molecule has 0 saturated heterocycles. The number of fused-ring (bicyclic) bond motifs is 1. The lowest BCUT2D eigenvalue weighted by molar-refractivity contribution is -0.117. The van der Waals surface area contributed by atoms with Gasteiger partial charge < -0.3 is 15.6 Å². The van der Waals surface area contributed by atoms with Gasteiger partial charge in [0.05, 0.1) is 6.04 Å². The largest absolute Gasteiger partial charge is 0.347 e. The molecule has 0 aliphatic carbocycles. The SMILES string of the molecule is CC(C)Cn1ccc2cc(NC(=O)[C@@H](C)N)ccc21. The number of anilines is 1. The standard InChI is InChI=1S/C15H21N3O/c1-10(2)9-18-7-6-12-8-13(4-5-14(12)18)17-15(19)11(3)16/h4-8,10-11H,9,16H2,1-3H3,(H,17,19)/t11-/m1/s1. The number of nitrogens with one attached hydrogen (secondary N) is 1. The molecule has 19 heavy (non-hydrogen) atoms. The number of hydrogen-bond donors (Lipinski definition) is 2. The summed E-state index contributed by atoms with van der Waals surface area (Å²) in [6, 6.07) is 7.50. The number of amides is 1. The monoisotopic (exact) mass is 259 g/mol. The number of hydrogen-bond acceptors (Lipinski definition) is 2. The normalized spacial score (nSPS) is 12.9.